The van der Waals surface area contributed by atoms with Crippen molar-refractivity contribution < 1.29 is 4.79 Å². The summed E-state index contributed by atoms with van der Waals surface area (Å²) in [5.74, 6) is 0.410. The van der Waals surface area contributed by atoms with Gasteiger partial charge in [0.2, 0.25) is 0 Å². The minimum atomic E-state index is 0.0689. The first-order valence-corrected chi connectivity index (χ1v) is 9.22. The largest absolute Gasteiger partial charge is 0.334 e. The number of allylic oxidation sites excluding steroid dienone is 1. The van der Waals surface area contributed by atoms with Gasteiger partial charge in [0.1, 0.15) is 0 Å². The van der Waals surface area contributed by atoms with Crippen LogP contribution in [0.3, 0.4) is 0 Å². The number of fused-ring (bicyclic) bond motifs is 1. The van der Waals surface area contributed by atoms with Gasteiger partial charge in [-0.2, -0.15) is 0 Å². The lowest BCUT2D eigenvalue weighted by atomic mass is 9.93. The Kier molecular flexibility index (Phi) is 4.63. The van der Waals surface area contributed by atoms with Crippen molar-refractivity contribution in [2.24, 2.45) is 0 Å². The number of likely N-dealkylation sites (tertiary alicyclic amines) is 1. The van der Waals surface area contributed by atoms with Gasteiger partial charge in [0, 0.05) is 42.8 Å². The molecular weight excluding hydrogens is 312 g/mol. The normalized spacial score (nSPS) is 18.4. The smallest absolute Gasteiger partial charge is 0.317 e. The van der Waals surface area contributed by atoms with Crippen LogP contribution in [0.5, 0.6) is 0 Å². The van der Waals surface area contributed by atoms with Crippen LogP contribution in [-0.2, 0) is 0 Å². The van der Waals surface area contributed by atoms with Crippen LogP contribution in [0.4, 0.5) is 4.79 Å². The summed E-state index contributed by atoms with van der Waals surface area (Å²) in [6, 6.07) is 8.24. The van der Waals surface area contributed by atoms with E-state index in [1.54, 1.807) is 6.20 Å². The van der Waals surface area contributed by atoms with Gasteiger partial charge in [-0.25, -0.2) is 14.8 Å². The molecule has 0 unspecified atom stereocenters. The second-order valence-corrected chi connectivity index (χ2v) is 6.96. The van der Waals surface area contributed by atoms with Crippen molar-refractivity contribution >= 4 is 17.1 Å². The number of urea groups is 1. The van der Waals surface area contributed by atoms with Gasteiger partial charge in [-0.05, 0) is 56.4 Å². The zero-order chi connectivity index (χ0) is 17.1. The summed E-state index contributed by atoms with van der Waals surface area (Å²) in [7, 11) is 0. The Labute approximate surface area is 148 Å². The average Bonchev–Trinajstić information content (AvgIpc) is 3.19. The molecule has 5 heteroatoms. The van der Waals surface area contributed by atoms with Crippen molar-refractivity contribution in [3.8, 4) is 0 Å². The van der Waals surface area contributed by atoms with E-state index < -0.39 is 0 Å². The molecule has 0 spiro atoms. The molecule has 0 aromatic carbocycles. The first kappa shape index (κ1) is 16.1. The molecule has 0 radical (unpaired) electrons. The third kappa shape index (κ3) is 3.65. The summed E-state index contributed by atoms with van der Waals surface area (Å²) in [4.78, 5) is 23.3. The molecule has 4 rings (SSSR count). The molecule has 2 aromatic heterocycles. The molecule has 5 nitrogen and oxygen atoms in total. The summed E-state index contributed by atoms with van der Waals surface area (Å²) in [5.41, 5.74) is 3.28. The Morgan fingerprint density at radius 2 is 2.12 bits per heavy atom. The van der Waals surface area contributed by atoms with Crippen LogP contribution in [0, 0.1) is 0 Å². The fourth-order valence-corrected chi connectivity index (χ4v) is 3.77. The number of aromatic nitrogens is 2. The van der Waals surface area contributed by atoms with Crippen molar-refractivity contribution in [1.82, 2.24) is 20.2 Å². The zero-order valence-electron chi connectivity index (χ0n) is 14.4. The SMILES string of the molecule is O=C(NCC1=CCCC1)N1CCC(c2ccc3cccnc3n2)CC1. The van der Waals surface area contributed by atoms with E-state index in [-0.39, 0.29) is 6.03 Å². The second kappa shape index (κ2) is 7.21. The summed E-state index contributed by atoms with van der Waals surface area (Å²) in [6.07, 6.45) is 9.47. The van der Waals surface area contributed by atoms with Crippen molar-refractivity contribution in [1.29, 1.82) is 0 Å². The second-order valence-electron chi connectivity index (χ2n) is 6.96. The third-order valence-electron chi connectivity index (χ3n) is 5.29. The fraction of sp³-hybridized carbons (Fsp3) is 0.450. The molecule has 0 saturated carbocycles. The predicted octanol–water partition coefficient (Wildman–Crippen LogP) is 3.63. The molecule has 0 atom stereocenters. The Hall–Kier alpha value is -2.43. The molecule has 1 fully saturated rings. The van der Waals surface area contributed by atoms with Crippen LogP contribution >= 0.6 is 0 Å². The maximum absolute atomic E-state index is 12.3. The number of rotatable bonds is 3. The van der Waals surface area contributed by atoms with Gasteiger partial charge in [-0.15, -0.1) is 0 Å². The van der Waals surface area contributed by atoms with E-state index in [2.05, 4.69) is 28.5 Å². The van der Waals surface area contributed by atoms with Crippen molar-refractivity contribution in [2.45, 2.75) is 38.0 Å². The van der Waals surface area contributed by atoms with Gasteiger partial charge in [0.25, 0.3) is 0 Å². The van der Waals surface area contributed by atoms with Crippen molar-refractivity contribution in [2.75, 3.05) is 19.6 Å². The Morgan fingerprint density at radius 3 is 2.92 bits per heavy atom. The number of pyridine rings is 2. The third-order valence-corrected chi connectivity index (χ3v) is 5.29. The molecule has 1 saturated heterocycles. The number of amides is 2. The van der Waals surface area contributed by atoms with Crippen LogP contribution < -0.4 is 5.32 Å². The lowest BCUT2D eigenvalue weighted by molar-refractivity contribution is 0.181. The minimum absolute atomic E-state index is 0.0689. The van der Waals surface area contributed by atoms with E-state index >= 15 is 0 Å². The van der Waals surface area contributed by atoms with Gasteiger partial charge in [0.05, 0.1) is 0 Å². The Morgan fingerprint density at radius 1 is 1.24 bits per heavy atom. The number of nitrogens with one attached hydrogen (secondary N) is 1. The van der Waals surface area contributed by atoms with E-state index in [4.69, 9.17) is 4.98 Å². The lowest BCUT2D eigenvalue weighted by Gasteiger charge is -2.31. The first-order valence-electron chi connectivity index (χ1n) is 9.22. The van der Waals surface area contributed by atoms with Gasteiger partial charge >= 0.3 is 6.03 Å². The molecule has 2 aromatic rings. The number of carbonyl (C=O) groups excluding carboxylic acids is 1. The Balaban J connectivity index is 1.33. The van der Waals surface area contributed by atoms with Gasteiger partial charge in [-0.1, -0.05) is 11.6 Å². The molecule has 3 heterocycles. The highest BCUT2D eigenvalue weighted by Gasteiger charge is 2.24. The quantitative estimate of drug-likeness (QED) is 0.871. The number of nitrogens with zero attached hydrogens (tertiary/aromatic N) is 3. The van der Waals surface area contributed by atoms with E-state index in [0.717, 1.165) is 55.5 Å². The maximum Gasteiger partial charge on any atom is 0.317 e. The summed E-state index contributed by atoms with van der Waals surface area (Å²) in [6.45, 7) is 2.28. The molecule has 130 valence electrons. The molecule has 25 heavy (non-hydrogen) atoms. The highest BCUT2D eigenvalue weighted by Crippen LogP contribution is 2.27. The maximum atomic E-state index is 12.3. The fourth-order valence-electron chi connectivity index (χ4n) is 3.77. The van der Waals surface area contributed by atoms with Gasteiger partial charge in [0.15, 0.2) is 5.65 Å². The van der Waals surface area contributed by atoms with E-state index in [9.17, 15) is 4.79 Å². The zero-order valence-corrected chi connectivity index (χ0v) is 14.4. The highest BCUT2D eigenvalue weighted by molar-refractivity contribution is 5.75. The number of hydrogen-bond donors (Lipinski definition) is 1. The number of carbonyl (C=O) groups is 1. The standard InChI is InChI=1S/C20H24N4O/c25-20(22-14-15-4-1-2-5-15)24-12-9-16(10-13-24)18-8-7-17-6-3-11-21-19(17)23-18/h3-4,6-8,11,16H,1-2,5,9-10,12-14H2,(H,22,25). The number of hydrogen-bond acceptors (Lipinski definition) is 3. The van der Waals surface area contributed by atoms with Crippen molar-refractivity contribution in [3.63, 3.8) is 0 Å². The molecule has 0 bridgehead atoms. The van der Waals surface area contributed by atoms with Gasteiger partial charge < -0.3 is 10.2 Å². The highest BCUT2D eigenvalue weighted by atomic mass is 16.2. The molecule has 1 aliphatic heterocycles. The van der Waals surface area contributed by atoms with Crippen LogP contribution in [0.1, 0.15) is 43.7 Å². The molecule has 2 amide bonds. The number of piperidine rings is 1. The summed E-state index contributed by atoms with van der Waals surface area (Å²) in [5, 5.41) is 4.14. The molecule has 1 N–H and O–H groups in total. The molecule has 1 aliphatic carbocycles. The minimum Gasteiger partial charge on any atom is -0.334 e. The monoisotopic (exact) mass is 336 g/mol. The summed E-state index contributed by atoms with van der Waals surface area (Å²) >= 11 is 0. The van der Waals surface area contributed by atoms with Gasteiger partial charge in [-0.3, -0.25) is 0 Å². The van der Waals surface area contributed by atoms with Crippen LogP contribution in [0.25, 0.3) is 11.0 Å². The summed E-state index contributed by atoms with van der Waals surface area (Å²) < 4.78 is 0. The molecular formula is C20H24N4O. The van der Waals surface area contributed by atoms with E-state index in [1.807, 2.05) is 17.0 Å². The van der Waals surface area contributed by atoms with E-state index in [0.29, 0.717) is 12.5 Å². The molecule has 2 aliphatic rings. The van der Waals surface area contributed by atoms with Crippen LogP contribution in [0.15, 0.2) is 42.1 Å². The van der Waals surface area contributed by atoms with Crippen molar-refractivity contribution in [3.05, 3.63) is 47.8 Å². The first-order chi connectivity index (χ1) is 12.3. The average molecular weight is 336 g/mol. The predicted molar refractivity (Wildman–Crippen MR) is 98.4 cm³/mol. The lowest BCUT2D eigenvalue weighted by Crippen LogP contribution is -2.44. The topological polar surface area (TPSA) is 58.1 Å². The Bertz CT molecular complexity index is 793. The van der Waals surface area contributed by atoms with Crippen LogP contribution in [-0.4, -0.2) is 40.5 Å². The van der Waals surface area contributed by atoms with Crippen LogP contribution in [0.2, 0.25) is 0 Å². The van der Waals surface area contributed by atoms with E-state index in [1.165, 1.54) is 12.0 Å².